The number of ether oxygens (including phenoxy) is 5. The number of carbonyl (C=O) groups is 2. The van der Waals surface area contributed by atoms with Crippen molar-refractivity contribution in [2.24, 2.45) is 0 Å². The van der Waals surface area contributed by atoms with Gasteiger partial charge < -0.3 is 64.7 Å². The molecule has 18 heteroatoms. The van der Waals surface area contributed by atoms with Gasteiger partial charge in [-0.2, -0.15) is 0 Å². The van der Waals surface area contributed by atoms with Crippen LogP contribution < -0.4 is 5.32 Å². The van der Waals surface area contributed by atoms with E-state index >= 15 is 0 Å². The number of hydrogen-bond donors (Lipinski definition) is 8. The maximum absolute atomic E-state index is 13.2. The zero-order chi connectivity index (χ0) is 34.7. The number of unbranched alkanes of at least 4 members (excludes halogenated alkanes) is 5. The monoisotopic (exact) mass is 676 g/mol. The number of amides is 1. The molecule has 1 aromatic carbocycles. The minimum Gasteiger partial charge on any atom is -0.502 e. The molecule has 0 aromatic heterocycles. The summed E-state index contributed by atoms with van der Waals surface area (Å²) in [5.74, 6) is -1.93. The SMILES string of the molecule is COC(=O)CCCCCCCCO[C@@H]1OC(CO)[C@H](OC2OC(CO)[C@@H](O)C(O)C2O)C(O)C1NC(=O)c1ccc([N+](=O)[O-])c(O)c1. The fourth-order valence-electron chi connectivity index (χ4n) is 5.30. The first kappa shape index (κ1) is 38.4. The smallest absolute Gasteiger partial charge is 0.310 e. The third kappa shape index (κ3) is 10.2. The van der Waals surface area contributed by atoms with E-state index in [-0.39, 0.29) is 18.1 Å². The fourth-order valence-corrected chi connectivity index (χ4v) is 5.30. The lowest BCUT2D eigenvalue weighted by atomic mass is 9.95. The van der Waals surface area contributed by atoms with Crippen LogP contribution in [0, 0.1) is 10.1 Å². The van der Waals surface area contributed by atoms with Gasteiger partial charge in [-0.25, -0.2) is 0 Å². The third-order valence-electron chi connectivity index (χ3n) is 8.01. The third-order valence-corrected chi connectivity index (χ3v) is 8.01. The van der Waals surface area contributed by atoms with Crippen LogP contribution in [0.2, 0.25) is 0 Å². The maximum Gasteiger partial charge on any atom is 0.310 e. The van der Waals surface area contributed by atoms with Gasteiger partial charge in [0.15, 0.2) is 18.3 Å². The molecule has 1 aromatic rings. The molecule has 266 valence electrons. The Bertz CT molecular complexity index is 1170. The predicted octanol–water partition coefficient (Wildman–Crippen LogP) is -1.42. The van der Waals surface area contributed by atoms with Gasteiger partial charge in [0.2, 0.25) is 0 Å². The number of nitrogens with zero attached hydrogens (tertiary/aromatic N) is 1. The predicted molar refractivity (Wildman–Crippen MR) is 157 cm³/mol. The number of phenols is 1. The number of methoxy groups -OCH3 is 1. The number of hydrogen-bond acceptors (Lipinski definition) is 16. The zero-order valence-electron chi connectivity index (χ0n) is 25.8. The van der Waals surface area contributed by atoms with E-state index in [1.54, 1.807) is 0 Å². The van der Waals surface area contributed by atoms with E-state index in [1.165, 1.54) is 7.11 Å². The fraction of sp³-hybridized carbons (Fsp3) is 0.724. The molecule has 0 aliphatic carbocycles. The summed E-state index contributed by atoms with van der Waals surface area (Å²) in [6.07, 6.45) is -9.36. The Morgan fingerprint density at radius 1 is 0.894 bits per heavy atom. The summed E-state index contributed by atoms with van der Waals surface area (Å²) < 4.78 is 27.4. The molecule has 3 rings (SSSR count). The number of carbonyl (C=O) groups excluding carboxylic acids is 2. The number of phenolic OH excluding ortho intramolecular Hbond substituents is 1. The molecule has 7 unspecified atom stereocenters. The molecule has 2 heterocycles. The summed E-state index contributed by atoms with van der Waals surface area (Å²) in [5.41, 5.74) is -0.840. The number of aliphatic hydroxyl groups is 6. The van der Waals surface area contributed by atoms with Gasteiger partial charge in [0, 0.05) is 24.7 Å². The molecule has 1 amide bonds. The van der Waals surface area contributed by atoms with Gasteiger partial charge in [0.05, 0.1) is 25.2 Å². The molecule has 2 saturated heterocycles. The van der Waals surface area contributed by atoms with Crippen LogP contribution >= 0.6 is 0 Å². The minimum atomic E-state index is -1.84. The van der Waals surface area contributed by atoms with Crippen molar-refractivity contribution in [3.63, 3.8) is 0 Å². The standard InChI is InChI=1S/C29H44N2O16/c1-43-20(35)8-6-4-2-3-5-7-11-44-28-21(30-27(40)15-9-10-16(31(41)42)17(34)12-15)23(37)26(19(14-33)46-28)47-29-25(39)24(38)22(36)18(13-32)45-29/h9-10,12,18-19,21-26,28-29,32-34,36-39H,2-8,11,13-14H2,1H3,(H,30,40)/t18?,19?,21?,22-,23?,24?,25?,26+,28-,29?/m1/s1. The zero-order valence-corrected chi connectivity index (χ0v) is 25.8. The second-order valence-corrected chi connectivity index (χ2v) is 11.3. The Labute approximate surface area is 269 Å². The largest absolute Gasteiger partial charge is 0.502 e. The topological polar surface area (TPSA) is 277 Å². The highest BCUT2D eigenvalue weighted by molar-refractivity contribution is 5.95. The summed E-state index contributed by atoms with van der Waals surface area (Å²) in [6, 6.07) is 1.47. The Balaban J connectivity index is 1.71. The van der Waals surface area contributed by atoms with Crippen LogP contribution in [0.3, 0.4) is 0 Å². The Kier molecular flexibility index (Phi) is 15.1. The summed E-state index contributed by atoms with van der Waals surface area (Å²) in [7, 11) is 1.34. The van der Waals surface area contributed by atoms with Gasteiger partial charge in [-0.1, -0.05) is 25.7 Å². The van der Waals surface area contributed by atoms with Crippen LogP contribution in [0.15, 0.2) is 18.2 Å². The summed E-state index contributed by atoms with van der Waals surface area (Å²) in [6.45, 7) is -1.37. The van der Waals surface area contributed by atoms with E-state index in [9.17, 15) is 55.4 Å². The van der Waals surface area contributed by atoms with Crippen LogP contribution in [-0.2, 0) is 28.5 Å². The summed E-state index contributed by atoms with van der Waals surface area (Å²) in [5, 5.41) is 85.3. The molecule has 10 atom stereocenters. The number of esters is 1. The van der Waals surface area contributed by atoms with Crippen molar-refractivity contribution in [3.8, 4) is 5.75 Å². The summed E-state index contributed by atoms with van der Waals surface area (Å²) >= 11 is 0. The lowest BCUT2D eigenvalue weighted by Gasteiger charge is -2.47. The first-order valence-electron chi connectivity index (χ1n) is 15.3. The second-order valence-electron chi connectivity index (χ2n) is 11.3. The van der Waals surface area contributed by atoms with Gasteiger partial charge in [-0.15, -0.1) is 0 Å². The average Bonchev–Trinajstić information content (AvgIpc) is 3.05. The maximum atomic E-state index is 13.2. The molecule has 0 radical (unpaired) electrons. The van der Waals surface area contributed by atoms with E-state index in [0.29, 0.717) is 19.3 Å². The molecule has 0 bridgehead atoms. The van der Waals surface area contributed by atoms with Crippen molar-refractivity contribution in [2.45, 2.75) is 106 Å². The average molecular weight is 677 g/mol. The molecule has 2 aliphatic rings. The quantitative estimate of drug-likeness (QED) is 0.0407. The molecule has 47 heavy (non-hydrogen) atoms. The molecule has 0 spiro atoms. The second kappa shape index (κ2) is 18.5. The van der Waals surface area contributed by atoms with Crippen molar-refractivity contribution >= 4 is 17.6 Å². The Morgan fingerprint density at radius 2 is 1.53 bits per heavy atom. The molecule has 18 nitrogen and oxygen atoms in total. The highest BCUT2D eigenvalue weighted by atomic mass is 16.7. The number of nitro benzene ring substituents is 1. The van der Waals surface area contributed by atoms with Crippen LogP contribution in [-0.4, -0.2) is 141 Å². The van der Waals surface area contributed by atoms with Gasteiger partial charge in [-0.3, -0.25) is 19.7 Å². The Morgan fingerprint density at radius 3 is 2.15 bits per heavy atom. The first-order chi connectivity index (χ1) is 22.4. The molecule has 2 fully saturated rings. The lowest BCUT2D eigenvalue weighted by molar-refractivity contribution is -0.385. The van der Waals surface area contributed by atoms with Crippen LogP contribution in [0.1, 0.15) is 55.3 Å². The molecule has 8 N–H and O–H groups in total. The van der Waals surface area contributed by atoms with Crippen LogP contribution in [0.25, 0.3) is 0 Å². The highest BCUT2D eigenvalue weighted by Crippen LogP contribution is 2.31. The molecular weight excluding hydrogens is 632 g/mol. The van der Waals surface area contributed by atoms with Crippen molar-refractivity contribution in [3.05, 3.63) is 33.9 Å². The van der Waals surface area contributed by atoms with Gasteiger partial charge in [-0.05, 0) is 25.0 Å². The molecular formula is C29H44N2O16. The first-order valence-corrected chi connectivity index (χ1v) is 15.3. The van der Waals surface area contributed by atoms with Crippen molar-refractivity contribution in [2.75, 3.05) is 26.9 Å². The van der Waals surface area contributed by atoms with Gasteiger partial charge >= 0.3 is 11.7 Å². The summed E-state index contributed by atoms with van der Waals surface area (Å²) in [4.78, 5) is 34.6. The Hall–Kier alpha value is -3.04. The van der Waals surface area contributed by atoms with Crippen LogP contribution in [0.4, 0.5) is 5.69 Å². The number of aromatic hydroxyl groups is 1. The number of nitro groups is 1. The van der Waals surface area contributed by atoms with E-state index < -0.39 is 96.8 Å². The van der Waals surface area contributed by atoms with E-state index in [1.807, 2.05) is 0 Å². The van der Waals surface area contributed by atoms with E-state index in [2.05, 4.69) is 10.1 Å². The number of benzene rings is 1. The van der Waals surface area contributed by atoms with Crippen molar-refractivity contribution < 1.29 is 73.9 Å². The van der Waals surface area contributed by atoms with E-state index in [0.717, 1.165) is 43.9 Å². The molecule has 2 aliphatic heterocycles. The van der Waals surface area contributed by atoms with Gasteiger partial charge in [0.1, 0.15) is 48.8 Å². The molecule has 0 saturated carbocycles. The normalized spacial score (nSPS) is 30.9. The lowest BCUT2D eigenvalue weighted by Crippen LogP contribution is -2.67. The highest BCUT2D eigenvalue weighted by Gasteiger charge is 2.51. The van der Waals surface area contributed by atoms with Gasteiger partial charge in [0.25, 0.3) is 5.91 Å². The minimum absolute atomic E-state index is 0.112. The van der Waals surface area contributed by atoms with Crippen LogP contribution in [0.5, 0.6) is 5.75 Å². The number of nitrogens with one attached hydrogen (secondary N) is 1. The number of rotatable bonds is 17. The van der Waals surface area contributed by atoms with Crippen molar-refractivity contribution in [1.29, 1.82) is 0 Å². The van der Waals surface area contributed by atoms with Crippen molar-refractivity contribution in [1.82, 2.24) is 5.32 Å². The number of aliphatic hydroxyl groups excluding tert-OH is 6. The van der Waals surface area contributed by atoms with E-state index in [4.69, 9.17) is 18.9 Å².